The Labute approximate surface area is 226 Å². The van der Waals surface area contributed by atoms with Crippen molar-refractivity contribution in [2.45, 2.75) is 25.9 Å². The highest BCUT2D eigenvalue weighted by Crippen LogP contribution is 2.22. The van der Waals surface area contributed by atoms with E-state index < -0.39 is 12.0 Å². The summed E-state index contributed by atoms with van der Waals surface area (Å²) in [5, 5.41) is 13.1. The first-order valence-electron chi connectivity index (χ1n) is 12.5. The highest BCUT2D eigenvalue weighted by atomic mass is 16.5. The van der Waals surface area contributed by atoms with Crippen LogP contribution >= 0.6 is 0 Å². The van der Waals surface area contributed by atoms with E-state index in [0.717, 1.165) is 22.0 Å². The largest absolute Gasteiger partial charge is 0.496 e. The summed E-state index contributed by atoms with van der Waals surface area (Å²) in [5.41, 5.74) is 3.00. The number of ether oxygens (including phenoxy) is 2. The third-order valence-corrected chi connectivity index (χ3v) is 6.42. The number of para-hydroxylation sites is 2. The number of nitrogens with zero attached hydrogens (tertiary/aromatic N) is 1. The van der Waals surface area contributed by atoms with Gasteiger partial charge in [0.1, 0.15) is 11.5 Å². The van der Waals surface area contributed by atoms with E-state index in [1.807, 2.05) is 54.7 Å². The Kier molecular flexibility index (Phi) is 8.83. The number of carboxylic acid groups (broad SMARTS) is 1. The van der Waals surface area contributed by atoms with Crippen molar-refractivity contribution in [2.24, 2.45) is 0 Å². The number of carboxylic acids is 1. The second-order valence-electron chi connectivity index (χ2n) is 9.16. The molecule has 4 aromatic rings. The van der Waals surface area contributed by atoms with Crippen molar-refractivity contribution < 1.29 is 29.0 Å². The number of amides is 2. The van der Waals surface area contributed by atoms with Gasteiger partial charge in [-0.25, -0.2) is 4.79 Å². The Morgan fingerprint density at radius 2 is 1.69 bits per heavy atom. The molecule has 0 bridgehead atoms. The van der Waals surface area contributed by atoms with Crippen LogP contribution in [0.15, 0.2) is 79.0 Å². The summed E-state index contributed by atoms with van der Waals surface area (Å²) in [6.07, 6.45) is 2.40. The molecule has 0 spiro atoms. The van der Waals surface area contributed by atoms with Crippen LogP contribution in [0, 0.1) is 0 Å². The number of hydrogen-bond acceptors (Lipinski definition) is 5. The van der Waals surface area contributed by atoms with Gasteiger partial charge in [0, 0.05) is 42.7 Å². The number of nitrogens with one attached hydrogen (secondary N) is 2. The number of aromatic carboxylic acids is 1. The first kappa shape index (κ1) is 27.3. The van der Waals surface area contributed by atoms with Crippen molar-refractivity contribution in [3.63, 3.8) is 0 Å². The number of carbonyl (C=O) groups is 3. The Bertz CT molecular complexity index is 1450. The van der Waals surface area contributed by atoms with Gasteiger partial charge in [-0.3, -0.25) is 9.59 Å². The average molecular weight is 530 g/mol. The number of benzene rings is 3. The van der Waals surface area contributed by atoms with Crippen molar-refractivity contribution in [2.75, 3.05) is 20.3 Å². The van der Waals surface area contributed by atoms with E-state index in [0.29, 0.717) is 24.5 Å². The quantitative estimate of drug-likeness (QED) is 0.255. The van der Waals surface area contributed by atoms with Crippen LogP contribution in [0.2, 0.25) is 0 Å². The molecule has 1 aromatic heterocycles. The Morgan fingerprint density at radius 3 is 2.41 bits per heavy atom. The van der Waals surface area contributed by atoms with Gasteiger partial charge >= 0.3 is 5.97 Å². The van der Waals surface area contributed by atoms with Gasteiger partial charge < -0.3 is 29.8 Å². The number of aromatic nitrogens is 1. The maximum absolute atomic E-state index is 12.9. The zero-order valence-corrected chi connectivity index (χ0v) is 21.8. The van der Waals surface area contributed by atoms with Crippen LogP contribution in [0.4, 0.5) is 0 Å². The first-order valence-corrected chi connectivity index (χ1v) is 12.5. The van der Waals surface area contributed by atoms with Gasteiger partial charge in [0.05, 0.1) is 18.7 Å². The topological polar surface area (TPSA) is 121 Å². The van der Waals surface area contributed by atoms with Crippen LogP contribution in [0.1, 0.15) is 28.4 Å². The second kappa shape index (κ2) is 12.6. The molecule has 3 N–H and O–H groups in total. The zero-order valence-electron chi connectivity index (χ0n) is 21.8. The fourth-order valence-corrected chi connectivity index (χ4v) is 4.45. The minimum absolute atomic E-state index is 0.130. The van der Waals surface area contributed by atoms with Gasteiger partial charge in [-0.05, 0) is 48.4 Å². The average Bonchev–Trinajstić information content (AvgIpc) is 3.34. The fourth-order valence-electron chi connectivity index (χ4n) is 4.45. The molecule has 1 atom stereocenters. The van der Waals surface area contributed by atoms with Crippen LogP contribution < -0.4 is 14.8 Å². The third kappa shape index (κ3) is 7.16. The zero-order chi connectivity index (χ0) is 27.8. The molecule has 0 aliphatic carbocycles. The molecule has 9 nitrogen and oxygen atoms in total. The van der Waals surface area contributed by atoms with Gasteiger partial charge in [-0.1, -0.05) is 36.4 Å². The number of H-pyrrole nitrogens is 1. The normalized spacial score (nSPS) is 11.5. The van der Waals surface area contributed by atoms with E-state index in [2.05, 4.69) is 10.3 Å². The standard InChI is InChI=1S/C30H31N3O6/c1-20(34)33(17-22-7-3-6-10-28(22)38-2)18-24(15-23-16-31-27-9-5-4-8-26(23)27)32-29(35)19-39-25-13-11-21(12-14-25)30(36)37/h3-14,16,24,31H,15,17-19H2,1-2H3,(H,32,35)(H,36,37)/t24-/m1/s1. The number of aromatic amines is 1. The van der Waals surface area contributed by atoms with Crippen LogP contribution in [0.3, 0.4) is 0 Å². The molecule has 0 radical (unpaired) electrons. The van der Waals surface area contributed by atoms with Crippen molar-refractivity contribution in [3.05, 3.63) is 95.7 Å². The lowest BCUT2D eigenvalue weighted by atomic mass is 10.0. The van der Waals surface area contributed by atoms with E-state index in [1.165, 1.54) is 31.2 Å². The molecule has 0 aliphatic rings. The van der Waals surface area contributed by atoms with E-state index in [-0.39, 0.29) is 30.5 Å². The lowest BCUT2D eigenvalue weighted by Crippen LogP contribution is -2.47. The van der Waals surface area contributed by atoms with Crippen molar-refractivity contribution in [1.29, 1.82) is 0 Å². The summed E-state index contributed by atoms with van der Waals surface area (Å²) in [5.74, 6) is -0.465. The predicted molar refractivity (Wildman–Crippen MR) is 147 cm³/mol. The Hall–Kier alpha value is -4.79. The molecule has 0 saturated carbocycles. The Morgan fingerprint density at radius 1 is 0.974 bits per heavy atom. The number of fused-ring (bicyclic) bond motifs is 1. The van der Waals surface area contributed by atoms with Crippen molar-refractivity contribution in [1.82, 2.24) is 15.2 Å². The third-order valence-electron chi connectivity index (χ3n) is 6.42. The van der Waals surface area contributed by atoms with E-state index in [1.54, 1.807) is 12.0 Å². The number of carbonyl (C=O) groups excluding carboxylic acids is 2. The monoisotopic (exact) mass is 529 g/mol. The second-order valence-corrected chi connectivity index (χ2v) is 9.16. The maximum Gasteiger partial charge on any atom is 0.335 e. The summed E-state index contributed by atoms with van der Waals surface area (Å²) in [7, 11) is 1.59. The number of hydrogen-bond donors (Lipinski definition) is 3. The lowest BCUT2D eigenvalue weighted by Gasteiger charge is -2.28. The molecule has 3 aromatic carbocycles. The lowest BCUT2D eigenvalue weighted by molar-refractivity contribution is -0.131. The molecule has 0 fully saturated rings. The van der Waals surface area contributed by atoms with Gasteiger partial charge in [-0.2, -0.15) is 0 Å². The molecule has 2 amide bonds. The van der Waals surface area contributed by atoms with Crippen molar-refractivity contribution in [3.8, 4) is 11.5 Å². The van der Waals surface area contributed by atoms with Gasteiger partial charge in [0.25, 0.3) is 5.91 Å². The SMILES string of the molecule is COc1ccccc1CN(C[C@@H](Cc1c[nH]c2ccccc12)NC(=O)COc1ccc(C(=O)O)cc1)C(C)=O. The maximum atomic E-state index is 12.9. The summed E-state index contributed by atoms with van der Waals surface area (Å²) in [6, 6.07) is 20.9. The van der Waals surface area contributed by atoms with Crippen LogP contribution in [0.5, 0.6) is 11.5 Å². The molecule has 0 saturated heterocycles. The van der Waals surface area contributed by atoms with Crippen LogP contribution in [-0.2, 0) is 22.6 Å². The molecule has 39 heavy (non-hydrogen) atoms. The van der Waals surface area contributed by atoms with Crippen LogP contribution in [-0.4, -0.2) is 59.1 Å². The summed E-state index contributed by atoms with van der Waals surface area (Å²) in [6.45, 7) is 1.84. The summed E-state index contributed by atoms with van der Waals surface area (Å²) in [4.78, 5) is 41.6. The molecule has 0 aliphatic heterocycles. The van der Waals surface area contributed by atoms with E-state index >= 15 is 0 Å². The number of rotatable bonds is 12. The molecular formula is C30H31N3O6. The van der Waals surface area contributed by atoms with Gasteiger partial charge in [0.15, 0.2) is 6.61 Å². The van der Waals surface area contributed by atoms with Gasteiger partial charge in [0.2, 0.25) is 5.91 Å². The fraction of sp³-hybridized carbons (Fsp3) is 0.233. The van der Waals surface area contributed by atoms with Crippen molar-refractivity contribution >= 4 is 28.7 Å². The summed E-state index contributed by atoms with van der Waals surface area (Å²) < 4.78 is 11.0. The van der Waals surface area contributed by atoms with E-state index in [9.17, 15) is 14.4 Å². The first-order chi connectivity index (χ1) is 18.8. The molecule has 202 valence electrons. The van der Waals surface area contributed by atoms with Crippen LogP contribution in [0.25, 0.3) is 10.9 Å². The van der Waals surface area contributed by atoms with E-state index in [4.69, 9.17) is 14.6 Å². The highest BCUT2D eigenvalue weighted by Gasteiger charge is 2.22. The number of methoxy groups -OCH3 is 1. The van der Waals surface area contributed by atoms with Gasteiger partial charge in [-0.15, -0.1) is 0 Å². The molecule has 1 heterocycles. The smallest absolute Gasteiger partial charge is 0.335 e. The highest BCUT2D eigenvalue weighted by molar-refractivity contribution is 5.87. The molecular weight excluding hydrogens is 498 g/mol. The molecule has 4 rings (SSSR count). The molecule has 0 unspecified atom stereocenters. The minimum atomic E-state index is -1.04. The predicted octanol–water partition coefficient (Wildman–Crippen LogP) is 4.03. The Balaban J connectivity index is 1.50. The summed E-state index contributed by atoms with van der Waals surface area (Å²) >= 11 is 0. The molecule has 9 heteroatoms. The minimum Gasteiger partial charge on any atom is -0.496 e.